The number of hydrogen-bond acceptors (Lipinski definition) is 5. The largest absolute Gasteiger partial charge is 0.550 e. The van der Waals surface area contributed by atoms with Gasteiger partial charge in [0.2, 0.25) is 0 Å². The molecule has 0 spiro atoms. The molecule has 6 nitrogen and oxygen atoms in total. The van der Waals surface area contributed by atoms with Crippen LogP contribution in [0.4, 0.5) is 5.69 Å². The molecule has 2 aromatic rings. The van der Waals surface area contributed by atoms with E-state index in [2.05, 4.69) is 27.8 Å². The number of aliphatic carboxylic acids is 1. The Kier molecular flexibility index (Phi) is 4.62. The highest BCUT2D eigenvalue weighted by Crippen LogP contribution is 2.49. The topological polar surface area (TPSA) is 94.1 Å². The average molecular weight is 362 g/mol. The lowest BCUT2D eigenvalue weighted by Gasteiger charge is -2.37. The summed E-state index contributed by atoms with van der Waals surface area (Å²) in [5, 5.41) is 16.7. The summed E-state index contributed by atoms with van der Waals surface area (Å²) in [4.78, 5) is 27.3. The van der Waals surface area contributed by atoms with E-state index in [1.807, 2.05) is 36.5 Å². The number of benzene rings is 1. The maximum absolute atomic E-state index is 12.3. The minimum atomic E-state index is -1.18. The second-order valence-corrected chi connectivity index (χ2v) is 6.91. The van der Waals surface area contributed by atoms with E-state index in [4.69, 9.17) is 0 Å². The molecular formula is C21H20N3O3-. The molecule has 138 valence electrons. The van der Waals surface area contributed by atoms with Gasteiger partial charge in [0.1, 0.15) is 0 Å². The Labute approximate surface area is 157 Å². The Morgan fingerprint density at radius 1 is 1.26 bits per heavy atom. The minimum absolute atomic E-state index is 0.0597. The maximum atomic E-state index is 12.3. The Bertz CT molecular complexity index is 895. The Balaban J connectivity index is 1.59. The SMILES string of the molecule is O=C([O-])CCNC(=O)c1ccc2c(c1)[C@H]1C=CC[C@@H]1[C@H](c1ccccn1)N2. The first-order valence-corrected chi connectivity index (χ1v) is 9.09. The van der Waals surface area contributed by atoms with Gasteiger partial charge in [0.05, 0.1) is 11.7 Å². The fourth-order valence-corrected chi connectivity index (χ4v) is 3.97. The number of carboxylic acid groups (broad SMARTS) is 1. The molecule has 2 N–H and O–H groups in total. The molecule has 1 aliphatic carbocycles. The van der Waals surface area contributed by atoms with Gasteiger partial charge in [-0.05, 0) is 48.2 Å². The summed E-state index contributed by atoms with van der Waals surface area (Å²) in [6.45, 7) is 0.0597. The van der Waals surface area contributed by atoms with Crippen LogP contribution >= 0.6 is 0 Å². The molecule has 0 fully saturated rings. The molecule has 0 saturated heterocycles. The third kappa shape index (κ3) is 3.43. The molecule has 1 aromatic carbocycles. The summed E-state index contributed by atoms with van der Waals surface area (Å²) in [5.74, 6) is -0.873. The molecule has 6 heteroatoms. The van der Waals surface area contributed by atoms with Crippen molar-refractivity contribution < 1.29 is 14.7 Å². The fraction of sp³-hybridized carbons (Fsp3) is 0.286. The first-order chi connectivity index (χ1) is 13.1. The molecule has 4 rings (SSSR count). The number of anilines is 1. The van der Waals surface area contributed by atoms with Gasteiger partial charge in [0, 0.05) is 42.3 Å². The highest BCUT2D eigenvalue weighted by Gasteiger charge is 2.38. The molecule has 0 unspecified atom stereocenters. The van der Waals surface area contributed by atoms with Crippen LogP contribution in [0.25, 0.3) is 0 Å². The van der Waals surface area contributed by atoms with Gasteiger partial charge < -0.3 is 20.5 Å². The van der Waals surface area contributed by atoms with Crippen molar-refractivity contribution in [2.45, 2.75) is 24.8 Å². The molecule has 1 amide bonds. The van der Waals surface area contributed by atoms with Crippen LogP contribution in [0.1, 0.15) is 46.4 Å². The van der Waals surface area contributed by atoms with Gasteiger partial charge in [-0.3, -0.25) is 9.78 Å². The highest BCUT2D eigenvalue weighted by molar-refractivity contribution is 5.95. The van der Waals surface area contributed by atoms with E-state index in [-0.39, 0.29) is 30.8 Å². The molecule has 3 atom stereocenters. The second-order valence-electron chi connectivity index (χ2n) is 6.91. The molecule has 27 heavy (non-hydrogen) atoms. The Morgan fingerprint density at radius 2 is 2.15 bits per heavy atom. The summed E-state index contributed by atoms with van der Waals surface area (Å²) >= 11 is 0. The molecule has 2 aliphatic rings. The number of carbonyl (C=O) groups is 2. The number of amides is 1. The number of allylic oxidation sites excluding steroid dienone is 2. The van der Waals surface area contributed by atoms with Crippen molar-refractivity contribution in [2.75, 3.05) is 11.9 Å². The molecule has 0 radical (unpaired) electrons. The summed E-state index contributed by atoms with van der Waals surface area (Å²) in [6.07, 6.45) is 6.97. The van der Waals surface area contributed by atoms with E-state index in [0.29, 0.717) is 11.5 Å². The van der Waals surface area contributed by atoms with E-state index < -0.39 is 5.97 Å². The molecule has 1 aromatic heterocycles. The zero-order chi connectivity index (χ0) is 18.8. The van der Waals surface area contributed by atoms with Crippen molar-refractivity contribution in [3.63, 3.8) is 0 Å². The van der Waals surface area contributed by atoms with Crippen LogP contribution in [-0.4, -0.2) is 23.4 Å². The molecule has 0 saturated carbocycles. The predicted octanol–water partition coefficient (Wildman–Crippen LogP) is 1.78. The number of carboxylic acids is 1. The number of aromatic nitrogens is 1. The van der Waals surface area contributed by atoms with Crippen LogP contribution in [0.15, 0.2) is 54.7 Å². The van der Waals surface area contributed by atoms with Crippen molar-refractivity contribution in [1.29, 1.82) is 0 Å². The van der Waals surface area contributed by atoms with Crippen LogP contribution < -0.4 is 15.7 Å². The van der Waals surface area contributed by atoms with Gasteiger partial charge in [0.15, 0.2) is 0 Å². The van der Waals surface area contributed by atoms with Crippen molar-refractivity contribution in [1.82, 2.24) is 10.3 Å². The lowest BCUT2D eigenvalue weighted by atomic mass is 9.77. The Morgan fingerprint density at radius 3 is 2.93 bits per heavy atom. The quantitative estimate of drug-likeness (QED) is 0.791. The number of nitrogens with zero attached hydrogens (tertiary/aromatic N) is 1. The van der Waals surface area contributed by atoms with Crippen molar-refractivity contribution >= 4 is 17.6 Å². The predicted molar refractivity (Wildman–Crippen MR) is 99.0 cm³/mol. The monoisotopic (exact) mass is 362 g/mol. The van der Waals surface area contributed by atoms with Crippen LogP contribution in [0.2, 0.25) is 0 Å². The van der Waals surface area contributed by atoms with Crippen molar-refractivity contribution in [3.05, 3.63) is 71.6 Å². The summed E-state index contributed by atoms with van der Waals surface area (Å²) in [6, 6.07) is 11.7. The highest BCUT2D eigenvalue weighted by atomic mass is 16.4. The van der Waals surface area contributed by atoms with E-state index in [0.717, 1.165) is 23.4 Å². The van der Waals surface area contributed by atoms with Crippen LogP contribution in [0.3, 0.4) is 0 Å². The van der Waals surface area contributed by atoms with Gasteiger partial charge in [-0.25, -0.2) is 0 Å². The van der Waals surface area contributed by atoms with Gasteiger partial charge in [-0.15, -0.1) is 0 Å². The first-order valence-electron chi connectivity index (χ1n) is 9.09. The number of carbonyl (C=O) groups excluding carboxylic acids is 2. The van der Waals surface area contributed by atoms with E-state index in [1.54, 1.807) is 6.07 Å². The fourth-order valence-electron chi connectivity index (χ4n) is 3.97. The normalized spacial score (nSPS) is 22.4. The molecule has 0 bridgehead atoms. The van der Waals surface area contributed by atoms with Gasteiger partial charge in [-0.1, -0.05) is 18.2 Å². The number of fused-ring (bicyclic) bond motifs is 3. The number of hydrogen-bond donors (Lipinski definition) is 2. The summed E-state index contributed by atoms with van der Waals surface area (Å²) in [7, 11) is 0. The van der Waals surface area contributed by atoms with E-state index in [9.17, 15) is 14.7 Å². The number of nitrogens with one attached hydrogen (secondary N) is 2. The van der Waals surface area contributed by atoms with Crippen LogP contribution in [-0.2, 0) is 4.79 Å². The van der Waals surface area contributed by atoms with Gasteiger partial charge in [0.25, 0.3) is 5.91 Å². The Hall–Kier alpha value is -3.15. The van der Waals surface area contributed by atoms with Gasteiger partial charge >= 0.3 is 0 Å². The average Bonchev–Trinajstić information content (AvgIpc) is 3.17. The van der Waals surface area contributed by atoms with Crippen LogP contribution in [0.5, 0.6) is 0 Å². The maximum Gasteiger partial charge on any atom is 0.251 e. The summed E-state index contributed by atoms with van der Waals surface area (Å²) in [5.41, 5.74) is 3.65. The second kappa shape index (κ2) is 7.23. The number of pyridine rings is 1. The standard InChI is InChI=1S/C21H21N3O3/c25-19(26)9-11-23-21(27)13-7-8-17-16(12-13)14-4-3-5-15(14)20(24-17)18-6-1-2-10-22-18/h1-4,6-8,10,12,14-15,20,24H,5,9,11H2,(H,23,27)(H,25,26)/p-1/t14-,15-,20+/m0/s1. The van der Waals surface area contributed by atoms with Crippen molar-refractivity contribution in [3.8, 4) is 0 Å². The first kappa shape index (κ1) is 17.3. The third-order valence-electron chi connectivity index (χ3n) is 5.25. The lowest BCUT2D eigenvalue weighted by molar-refractivity contribution is -0.305. The van der Waals surface area contributed by atoms with E-state index in [1.165, 1.54) is 0 Å². The van der Waals surface area contributed by atoms with Gasteiger partial charge in [-0.2, -0.15) is 0 Å². The van der Waals surface area contributed by atoms with Crippen molar-refractivity contribution in [2.24, 2.45) is 5.92 Å². The number of rotatable bonds is 5. The molecule has 2 heterocycles. The third-order valence-corrected chi connectivity index (χ3v) is 5.25. The van der Waals surface area contributed by atoms with Crippen LogP contribution in [0, 0.1) is 5.92 Å². The summed E-state index contributed by atoms with van der Waals surface area (Å²) < 4.78 is 0. The molecular weight excluding hydrogens is 342 g/mol. The minimum Gasteiger partial charge on any atom is -0.550 e. The molecule has 1 aliphatic heterocycles. The zero-order valence-electron chi connectivity index (χ0n) is 14.7. The van der Waals surface area contributed by atoms with E-state index >= 15 is 0 Å². The zero-order valence-corrected chi connectivity index (χ0v) is 14.7. The lowest BCUT2D eigenvalue weighted by Crippen LogP contribution is -2.32. The smallest absolute Gasteiger partial charge is 0.251 e.